The monoisotopic (exact) mass is 332 g/mol. The molecule has 1 aliphatic heterocycles. The Hall–Kier alpha value is -1.88. The summed E-state index contributed by atoms with van der Waals surface area (Å²) in [5, 5.41) is 7.67. The first-order chi connectivity index (χ1) is 9.61. The van der Waals surface area contributed by atoms with Gasteiger partial charge in [-0.3, -0.25) is 9.59 Å². The topological polar surface area (TPSA) is 58.2 Å². The molecule has 1 atom stereocenters. The van der Waals surface area contributed by atoms with Crippen molar-refractivity contribution >= 4 is 38.5 Å². The fourth-order valence-electron chi connectivity index (χ4n) is 2.33. The molecule has 0 aliphatic carbocycles. The van der Waals surface area contributed by atoms with Gasteiger partial charge in [0, 0.05) is 23.0 Å². The molecule has 1 heterocycles. The van der Waals surface area contributed by atoms with Gasteiger partial charge in [-0.1, -0.05) is 28.1 Å². The van der Waals surface area contributed by atoms with Gasteiger partial charge in [0.15, 0.2) is 0 Å². The number of benzene rings is 2. The molecule has 5 heteroatoms. The first-order valence-electron chi connectivity index (χ1n) is 6.39. The smallest absolute Gasteiger partial charge is 0.251 e. The van der Waals surface area contributed by atoms with Crippen molar-refractivity contribution in [3.63, 3.8) is 0 Å². The molecule has 0 aromatic heterocycles. The van der Waals surface area contributed by atoms with Crippen molar-refractivity contribution < 1.29 is 9.59 Å². The molecule has 1 unspecified atom stereocenters. The lowest BCUT2D eigenvalue weighted by molar-refractivity contribution is -0.119. The first-order valence-corrected chi connectivity index (χ1v) is 7.18. The van der Waals surface area contributed by atoms with Gasteiger partial charge >= 0.3 is 0 Å². The van der Waals surface area contributed by atoms with Crippen LogP contribution in [0.25, 0.3) is 10.8 Å². The number of hydrogen-bond acceptors (Lipinski definition) is 2. The molecule has 4 nitrogen and oxygen atoms in total. The van der Waals surface area contributed by atoms with Crippen LogP contribution < -0.4 is 10.6 Å². The van der Waals surface area contributed by atoms with Gasteiger partial charge in [0.1, 0.15) is 0 Å². The Morgan fingerprint density at radius 3 is 2.70 bits per heavy atom. The van der Waals surface area contributed by atoms with Gasteiger partial charge in [-0.05, 0) is 35.0 Å². The van der Waals surface area contributed by atoms with E-state index < -0.39 is 0 Å². The van der Waals surface area contributed by atoms with Crippen LogP contribution in [0, 0.1) is 0 Å². The Morgan fingerprint density at radius 1 is 1.20 bits per heavy atom. The fourth-order valence-corrected chi connectivity index (χ4v) is 2.71. The summed E-state index contributed by atoms with van der Waals surface area (Å²) in [4.78, 5) is 23.3. The molecular formula is C15H13BrN2O2. The van der Waals surface area contributed by atoms with Crippen molar-refractivity contribution in [1.29, 1.82) is 0 Å². The van der Waals surface area contributed by atoms with E-state index >= 15 is 0 Å². The van der Waals surface area contributed by atoms with E-state index in [4.69, 9.17) is 0 Å². The molecule has 3 rings (SSSR count). The summed E-state index contributed by atoms with van der Waals surface area (Å²) in [6.45, 7) is 0.505. The van der Waals surface area contributed by atoms with Crippen LogP contribution in [0.4, 0.5) is 0 Å². The van der Waals surface area contributed by atoms with Crippen molar-refractivity contribution in [2.45, 2.75) is 12.5 Å². The average Bonchev–Trinajstić information content (AvgIpc) is 2.83. The van der Waals surface area contributed by atoms with Crippen LogP contribution in [0.5, 0.6) is 0 Å². The van der Waals surface area contributed by atoms with E-state index in [1.807, 2.05) is 30.3 Å². The molecule has 2 N–H and O–H groups in total. The van der Waals surface area contributed by atoms with Crippen molar-refractivity contribution in [3.8, 4) is 0 Å². The third kappa shape index (κ3) is 2.67. The zero-order chi connectivity index (χ0) is 14.1. The van der Waals surface area contributed by atoms with Crippen molar-refractivity contribution in [2.75, 3.05) is 6.54 Å². The molecule has 2 amide bonds. The highest BCUT2D eigenvalue weighted by Gasteiger charge is 2.23. The summed E-state index contributed by atoms with van der Waals surface area (Å²) in [7, 11) is 0. The molecule has 0 radical (unpaired) electrons. The summed E-state index contributed by atoms with van der Waals surface area (Å²) in [5.74, 6) is -0.157. The Balaban J connectivity index is 1.81. The fraction of sp³-hybridized carbons (Fsp3) is 0.200. The van der Waals surface area contributed by atoms with Crippen LogP contribution in [-0.4, -0.2) is 24.4 Å². The molecule has 1 fully saturated rings. The van der Waals surface area contributed by atoms with E-state index in [2.05, 4.69) is 26.6 Å². The Bertz CT molecular complexity index is 699. The molecule has 2 aromatic carbocycles. The Morgan fingerprint density at radius 2 is 1.95 bits per heavy atom. The van der Waals surface area contributed by atoms with Crippen LogP contribution in [0.1, 0.15) is 16.8 Å². The van der Waals surface area contributed by atoms with Gasteiger partial charge in [-0.2, -0.15) is 0 Å². The van der Waals surface area contributed by atoms with E-state index in [1.165, 1.54) is 0 Å². The summed E-state index contributed by atoms with van der Waals surface area (Å²) in [6.07, 6.45) is 0.353. The number of amides is 2. The molecule has 0 spiro atoms. The van der Waals surface area contributed by atoms with Gasteiger partial charge < -0.3 is 10.6 Å². The quantitative estimate of drug-likeness (QED) is 0.885. The van der Waals surface area contributed by atoms with Gasteiger partial charge in [0.2, 0.25) is 5.91 Å². The highest BCUT2D eigenvalue weighted by molar-refractivity contribution is 9.10. The summed E-state index contributed by atoms with van der Waals surface area (Å²) < 4.78 is 1.01. The number of hydrogen-bond donors (Lipinski definition) is 2. The van der Waals surface area contributed by atoms with Crippen LogP contribution >= 0.6 is 15.9 Å². The first kappa shape index (κ1) is 13.1. The number of nitrogens with one attached hydrogen (secondary N) is 2. The summed E-state index contributed by atoms with van der Waals surface area (Å²) >= 11 is 3.43. The Labute approximate surface area is 124 Å². The third-order valence-electron chi connectivity index (χ3n) is 3.38. The molecule has 0 saturated carbocycles. The van der Waals surface area contributed by atoms with Gasteiger partial charge in [-0.15, -0.1) is 0 Å². The lowest BCUT2D eigenvalue weighted by Gasteiger charge is -2.11. The lowest BCUT2D eigenvalue weighted by atomic mass is 10.1. The van der Waals surface area contributed by atoms with Gasteiger partial charge in [0.25, 0.3) is 5.91 Å². The zero-order valence-electron chi connectivity index (χ0n) is 10.7. The number of carbonyl (C=O) groups is 2. The predicted octanol–water partition coefficient (Wildman–Crippen LogP) is 2.22. The predicted molar refractivity (Wildman–Crippen MR) is 80.5 cm³/mol. The molecular weight excluding hydrogens is 320 g/mol. The molecule has 102 valence electrons. The van der Waals surface area contributed by atoms with E-state index in [9.17, 15) is 9.59 Å². The van der Waals surface area contributed by atoms with Crippen LogP contribution in [0.15, 0.2) is 40.9 Å². The minimum absolute atomic E-state index is 0.0151. The van der Waals surface area contributed by atoms with E-state index in [1.54, 1.807) is 6.07 Å². The van der Waals surface area contributed by atoms with Crippen LogP contribution in [-0.2, 0) is 4.79 Å². The van der Waals surface area contributed by atoms with Crippen LogP contribution in [0.3, 0.4) is 0 Å². The van der Waals surface area contributed by atoms with Gasteiger partial charge in [-0.25, -0.2) is 0 Å². The largest absolute Gasteiger partial charge is 0.354 e. The highest BCUT2D eigenvalue weighted by atomic mass is 79.9. The molecule has 1 aliphatic rings. The highest BCUT2D eigenvalue weighted by Crippen LogP contribution is 2.21. The van der Waals surface area contributed by atoms with Crippen molar-refractivity contribution in [2.24, 2.45) is 0 Å². The van der Waals surface area contributed by atoms with E-state index in [0.717, 1.165) is 15.2 Å². The average molecular weight is 333 g/mol. The standard InChI is InChI=1S/C15H13BrN2O2/c16-12-4-3-9-5-11(2-1-10(9)6-12)15(20)18-13-7-14(19)17-8-13/h1-6,13H,7-8H2,(H,17,19)(H,18,20). The van der Waals surface area contributed by atoms with E-state index in [0.29, 0.717) is 18.5 Å². The minimum Gasteiger partial charge on any atom is -0.354 e. The second kappa shape index (κ2) is 5.25. The maximum atomic E-state index is 12.2. The summed E-state index contributed by atoms with van der Waals surface area (Å²) in [5.41, 5.74) is 0.610. The molecule has 2 aromatic rings. The maximum Gasteiger partial charge on any atom is 0.251 e. The van der Waals surface area contributed by atoms with Crippen LogP contribution in [0.2, 0.25) is 0 Å². The molecule has 0 bridgehead atoms. The van der Waals surface area contributed by atoms with E-state index in [-0.39, 0.29) is 17.9 Å². The number of rotatable bonds is 2. The second-order valence-electron chi connectivity index (χ2n) is 4.88. The molecule has 1 saturated heterocycles. The number of carbonyl (C=O) groups excluding carboxylic acids is 2. The van der Waals surface area contributed by atoms with Crippen molar-refractivity contribution in [3.05, 3.63) is 46.4 Å². The zero-order valence-corrected chi connectivity index (χ0v) is 12.2. The third-order valence-corrected chi connectivity index (χ3v) is 3.87. The minimum atomic E-state index is -0.142. The summed E-state index contributed by atoms with van der Waals surface area (Å²) in [6, 6.07) is 11.4. The van der Waals surface area contributed by atoms with Gasteiger partial charge in [0.05, 0.1) is 6.04 Å². The second-order valence-corrected chi connectivity index (χ2v) is 5.80. The lowest BCUT2D eigenvalue weighted by Crippen LogP contribution is -2.36. The molecule has 20 heavy (non-hydrogen) atoms. The normalized spacial score (nSPS) is 18.1. The van der Waals surface area contributed by atoms with Crippen molar-refractivity contribution in [1.82, 2.24) is 10.6 Å². The SMILES string of the molecule is O=C1CC(NC(=O)c2ccc3cc(Br)ccc3c2)CN1. The number of halogens is 1. The number of fused-ring (bicyclic) bond motifs is 1. The Kier molecular flexibility index (Phi) is 3.44. The maximum absolute atomic E-state index is 12.2.